The summed E-state index contributed by atoms with van der Waals surface area (Å²) in [5, 5.41) is 1.90. The van der Waals surface area contributed by atoms with Gasteiger partial charge >= 0.3 is 0 Å². The number of thioether (sulfide) groups is 1. The van der Waals surface area contributed by atoms with Crippen LogP contribution in [0.4, 0.5) is 0 Å². The largest absolute Gasteiger partial charge is 0.349 e. The van der Waals surface area contributed by atoms with E-state index in [1.807, 2.05) is 23.9 Å². The van der Waals surface area contributed by atoms with Crippen molar-refractivity contribution in [2.24, 2.45) is 4.99 Å². The van der Waals surface area contributed by atoms with E-state index in [1.165, 1.54) is 5.17 Å². The molecule has 1 atom stereocenters. The molecule has 0 N–H and O–H groups in total. The van der Waals surface area contributed by atoms with Gasteiger partial charge in [0, 0.05) is 38.0 Å². The molecule has 0 spiro atoms. The molecule has 0 aromatic carbocycles. The van der Waals surface area contributed by atoms with Gasteiger partial charge in [-0.1, -0.05) is 24.8 Å². The second-order valence-corrected chi connectivity index (χ2v) is 7.48. The zero-order valence-electron chi connectivity index (χ0n) is 11.6. The molecule has 3 rings (SSSR count). The molecule has 6 heteroatoms. The van der Waals surface area contributed by atoms with Crippen LogP contribution in [0, 0.1) is 0 Å². The first kappa shape index (κ1) is 14.4. The van der Waals surface area contributed by atoms with E-state index in [-0.39, 0.29) is 0 Å². The van der Waals surface area contributed by atoms with Crippen molar-refractivity contribution >= 4 is 32.9 Å². The quantitative estimate of drug-likeness (QED) is 0.763. The maximum atomic E-state index is 4.63. The Morgan fingerprint density at radius 2 is 2.10 bits per heavy atom. The number of hydrogen-bond donors (Lipinski definition) is 0. The molecule has 1 aromatic rings. The molecule has 2 aliphatic rings. The van der Waals surface area contributed by atoms with E-state index in [4.69, 9.17) is 0 Å². The first-order valence-electron chi connectivity index (χ1n) is 7.00. The number of amidine groups is 1. The molecule has 0 aliphatic carbocycles. The topological polar surface area (TPSA) is 31.7 Å². The molecule has 0 radical (unpaired) electrons. The number of aliphatic imine (C=N–C) groups is 1. The monoisotopic (exact) mass is 354 g/mol. The number of halogens is 1. The molecule has 2 aliphatic heterocycles. The Balaban J connectivity index is 1.51. The predicted molar refractivity (Wildman–Crippen MR) is 88.1 cm³/mol. The van der Waals surface area contributed by atoms with Crippen LogP contribution in [0.25, 0.3) is 0 Å². The van der Waals surface area contributed by atoms with Gasteiger partial charge in [0.05, 0.1) is 12.2 Å². The fraction of sp³-hybridized carbons (Fsp3) is 0.571. The fourth-order valence-electron chi connectivity index (χ4n) is 2.50. The molecule has 0 saturated carbocycles. The highest BCUT2D eigenvalue weighted by Crippen LogP contribution is 2.23. The Hall–Kier alpha value is -0.590. The minimum Gasteiger partial charge on any atom is -0.349 e. The Bertz CT molecular complexity index is 500. The van der Waals surface area contributed by atoms with Gasteiger partial charge in [0.2, 0.25) is 0 Å². The van der Waals surface area contributed by atoms with Crippen LogP contribution in [0.3, 0.4) is 0 Å². The van der Waals surface area contributed by atoms with Gasteiger partial charge in [-0.15, -0.1) is 0 Å². The lowest BCUT2D eigenvalue weighted by Crippen LogP contribution is -2.47. The molecule has 20 heavy (non-hydrogen) atoms. The van der Waals surface area contributed by atoms with E-state index in [2.05, 4.69) is 48.7 Å². The molecule has 1 aromatic heterocycles. The molecule has 3 heterocycles. The van der Waals surface area contributed by atoms with Gasteiger partial charge in [-0.05, 0) is 28.1 Å². The number of aromatic nitrogens is 1. The van der Waals surface area contributed by atoms with Gasteiger partial charge in [-0.25, -0.2) is 4.98 Å². The lowest BCUT2D eigenvalue weighted by molar-refractivity contribution is 0.175. The van der Waals surface area contributed by atoms with E-state index in [9.17, 15) is 0 Å². The number of rotatable bonds is 2. The van der Waals surface area contributed by atoms with Crippen LogP contribution >= 0.6 is 27.7 Å². The first-order valence-corrected chi connectivity index (χ1v) is 8.68. The van der Waals surface area contributed by atoms with Crippen LogP contribution in [0.15, 0.2) is 27.8 Å². The molecule has 1 saturated heterocycles. The second kappa shape index (κ2) is 6.45. The molecule has 4 nitrogen and oxygen atoms in total. The third-order valence-electron chi connectivity index (χ3n) is 3.59. The molecular formula is C14H19BrN4S. The van der Waals surface area contributed by atoms with Crippen molar-refractivity contribution in [2.45, 2.75) is 18.7 Å². The average Bonchev–Trinajstić information content (AvgIpc) is 2.86. The van der Waals surface area contributed by atoms with Gasteiger partial charge < -0.3 is 4.90 Å². The van der Waals surface area contributed by atoms with E-state index in [0.29, 0.717) is 5.25 Å². The van der Waals surface area contributed by atoms with Crippen LogP contribution in [0.1, 0.15) is 12.6 Å². The highest BCUT2D eigenvalue weighted by molar-refractivity contribution is 9.10. The zero-order valence-corrected chi connectivity index (χ0v) is 14.0. The summed E-state index contributed by atoms with van der Waals surface area (Å²) in [7, 11) is 0. The summed E-state index contributed by atoms with van der Waals surface area (Å²) >= 11 is 5.35. The van der Waals surface area contributed by atoms with Crippen molar-refractivity contribution in [3.63, 3.8) is 0 Å². The second-order valence-electron chi connectivity index (χ2n) is 5.27. The number of pyridine rings is 1. The highest BCUT2D eigenvalue weighted by atomic mass is 79.9. The zero-order chi connectivity index (χ0) is 13.9. The minimum absolute atomic E-state index is 0.647. The summed E-state index contributed by atoms with van der Waals surface area (Å²) in [5.41, 5.74) is 1.13. The fourth-order valence-corrected chi connectivity index (χ4v) is 3.87. The van der Waals surface area contributed by atoms with Crippen molar-refractivity contribution < 1.29 is 0 Å². The molecule has 108 valence electrons. The summed E-state index contributed by atoms with van der Waals surface area (Å²) in [6.45, 7) is 8.48. The maximum Gasteiger partial charge on any atom is 0.159 e. The summed E-state index contributed by atoms with van der Waals surface area (Å²) < 4.78 is 0.916. The van der Waals surface area contributed by atoms with Crippen molar-refractivity contribution in [3.8, 4) is 0 Å². The lowest BCUT2D eigenvalue weighted by atomic mass is 10.3. The standard InChI is InChI=1S/C14H19BrN4S/c1-11-9-16-14(20-11)19-7-5-18(6-8-19)10-12-3-2-4-13(15)17-12/h2-4,11H,5-10H2,1H3/t11-/m0/s1. The SMILES string of the molecule is C[C@H]1CN=C(N2CCN(Cc3cccc(Br)n3)CC2)S1. The van der Waals surface area contributed by atoms with Gasteiger partial charge in [0.25, 0.3) is 0 Å². The Labute approximate surface area is 132 Å². The molecule has 0 bridgehead atoms. The summed E-state index contributed by atoms with van der Waals surface area (Å²) in [6.07, 6.45) is 0. The van der Waals surface area contributed by atoms with Gasteiger partial charge in [-0.3, -0.25) is 9.89 Å². The van der Waals surface area contributed by atoms with Crippen molar-refractivity contribution in [2.75, 3.05) is 32.7 Å². The van der Waals surface area contributed by atoms with Gasteiger partial charge in [-0.2, -0.15) is 0 Å². The van der Waals surface area contributed by atoms with Crippen LogP contribution in [0.2, 0.25) is 0 Å². The van der Waals surface area contributed by atoms with Crippen LogP contribution in [-0.2, 0) is 6.54 Å². The van der Waals surface area contributed by atoms with Gasteiger partial charge in [0.1, 0.15) is 4.60 Å². The normalized spacial score (nSPS) is 24.0. The number of nitrogens with zero attached hydrogens (tertiary/aromatic N) is 4. The molecular weight excluding hydrogens is 336 g/mol. The lowest BCUT2D eigenvalue weighted by Gasteiger charge is -2.35. The van der Waals surface area contributed by atoms with E-state index in [0.717, 1.165) is 49.6 Å². The smallest absolute Gasteiger partial charge is 0.159 e. The molecule has 0 amide bonds. The molecule has 1 fully saturated rings. The van der Waals surface area contributed by atoms with Crippen molar-refractivity contribution in [1.29, 1.82) is 0 Å². The first-order chi connectivity index (χ1) is 9.70. The maximum absolute atomic E-state index is 4.63. The molecule has 0 unspecified atom stereocenters. The van der Waals surface area contributed by atoms with Gasteiger partial charge in [0.15, 0.2) is 5.17 Å². The Morgan fingerprint density at radius 3 is 2.75 bits per heavy atom. The number of hydrogen-bond acceptors (Lipinski definition) is 5. The van der Waals surface area contributed by atoms with E-state index < -0.39 is 0 Å². The Morgan fingerprint density at radius 1 is 1.30 bits per heavy atom. The summed E-state index contributed by atoms with van der Waals surface area (Å²) in [4.78, 5) is 14.0. The highest BCUT2D eigenvalue weighted by Gasteiger charge is 2.24. The van der Waals surface area contributed by atoms with Crippen LogP contribution in [-0.4, -0.2) is 57.9 Å². The number of piperazine rings is 1. The Kier molecular flexibility index (Phi) is 4.63. The van der Waals surface area contributed by atoms with E-state index >= 15 is 0 Å². The van der Waals surface area contributed by atoms with Crippen molar-refractivity contribution in [1.82, 2.24) is 14.8 Å². The average molecular weight is 355 g/mol. The van der Waals surface area contributed by atoms with Crippen molar-refractivity contribution in [3.05, 3.63) is 28.5 Å². The van der Waals surface area contributed by atoms with Crippen LogP contribution in [0.5, 0.6) is 0 Å². The summed E-state index contributed by atoms with van der Waals surface area (Å²) in [5.74, 6) is 0. The summed E-state index contributed by atoms with van der Waals surface area (Å²) in [6, 6.07) is 6.11. The third kappa shape index (κ3) is 3.54. The van der Waals surface area contributed by atoms with Crippen LogP contribution < -0.4 is 0 Å². The third-order valence-corrected chi connectivity index (χ3v) is 5.18. The van der Waals surface area contributed by atoms with E-state index in [1.54, 1.807) is 0 Å². The minimum atomic E-state index is 0.647. The predicted octanol–water partition coefficient (Wildman–Crippen LogP) is 2.45.